The van der Waals surface area contributed by atoms with E-state index in [1.54, 1.807) is 26.8 Å². The summed E-state index contributed by atoms with van der Waals surface area (Å²) in [7, 11) is 1.24. The van der Waals surface area contributed by atoms with E-state index in [0.29, 0.717) is 5.69 Å². The Morgan fingerprint density at radius 3 is 2.41 bits per heavy atom. The first-order valence-corrected chi connectivity index (χ1v) is 6.99. The lowest BCUT2D eigenvalue weighted by Gasteiger charge is -2.17. The van der Waals surface area contributed by atoms with Crippen LogP contribution in [-0.4, -0.2) is 31.4 Å². The third kappa shape index (κ3) is 5.04. The van der Waals surface area contributed by atoms with Gasteiger partial charge in [0.05, 0.1) is 24.2 Å². The first kappa shape index (κ1) is 18.0. The van der Waals surface area contributed by atoms with Crippen molar-refractivity contribution in [1.82, 2.24) is 5.32 Å². The van der Waals surface area contributed by atoms with Crippen LogP contribution in [0.2, 0.25) is 5.02 Å². The molecule has 0 fully saturated rings. The zero-order valence-electron chi connectivity index (χ0n) is 13.0. The molecule has 0 unspecified atom stereocenters. The third-order valence-electron chi connectivity index (χ3n) is 2.75. The van der Waals surface area contributed by atoms with E-state index in [9.17, 15) is 14.4 Å². The highest BCUT2D eigenvalue weighted by Crippen LogP contribution is 2.21. The number of anilines is 1. The normalized spacial score (nSPS) is 10.8. The number of hydrogen-bond donors (Lipinski definition) is 2. The van der Waals surface area contributed by atoms with Crippen LogP contribution in [0.3, 0.4) is 0 Å². The van der Waals surface area contributed by atoms with Crippen LogP contribution in [-0.2, 0) is 14.3 Å². The summed E-state index contributed by atoms with van der Waals surface area (Å²) >= 11 is 5.89. The molecule has 0 saturated carbocycles. The number of ether oxygens (including phenoxy) is 1. The number of benzene rings is 1. The second kappa shape index (κ2) is 7.26. The van der Waals surface area contributed by atoms with Gasteiger partial charge in [0.1, 0.15) is 0 Å². The van der Waals surface area contributed by atoms with Crippen LogP contribution in [0.5, 0.6) is 0 Å². The molecule has 0 spiro atoms. The summed E-state index contributed by atoms with van der Waals surface area (Å²) in [5, 5.41) is 5.34. The second-order valence-electron chi connectivity index (χ2n) is 5.67. The lowest BCUT2D eigenvalue weighted by atomic mass is 9.96. The van der Waals surface area contributed by atoms with E-state index in [1.165, 1.54) is 19.2 Å². The summed E-state index contributed by atoms with van der Waals surface area (Å²) < 4.78 is 4.60. The van der Waals surface area contributed by atoms with E-state index in [1.807, 2.05) is 0 Å². The molecule has 120 valence electrons. The Morgan fingerprint density at radius 2 is 1.86 bits per heavy atom. The lowest BCUT2D eigenvalue weighted by molar-refractivity contribution is -0.130. The molecule has 0 aliphatic heterocycles. The maximum absolute atomic E-state index is 11.8. The molecule has 1 rings (SSSR count). The number of rotatable bonds is 4. The number of nitrogens with one attached hydrogen (secondary N) is 2. The van der Waals surface area contributed by atoms with Gasteiger partial charge in [-0.2, -0.15) is 0 Å². The Morgan fingerprint density at radius 1 is 1.23 bits per heavy atom. The number of esters is 1. The van der Waals surface area contributed by atoms with Crippen molar-refractivity contribution in [2.45, 2.75) is 20.8 Å². The van der Waals surface area contributed by atoms with Gasteiger partial charge < -0.3 is 15.4 Å². The van der Waals surface area contributed by atoms with Crippen LogP contribution in [0.4, 0.5) is 5.69 Å². The highest BCUT2D eigenvalue weighted by atomic mass is 35.5. The Hall–Kier alpha value is -2.08. The van der Waals surface area contributed by atoms with Gasteiger partial charge in [-0.1, -0.05) is 32.4 Å². The number of carbonyl (C=O) groups is 3. The molecular formula is C15H19ClN2O4. The summed E-state index contributed by atoms with van der Waals surface area (Å²) in [6, 6.07) is 4.45. The largest absolute Gasteiger partial charge is 0.465 e. The molecule has 0 radical (unpaired) electrons. The zero-order valence-corrected chi connectivity index (χ0v) is 13.7. The fourth-order valence-electron chi connectivity index (χ4n) is 1.50. The number of hydrogen-bond acceptors (Lipinski definition) is 4. The highest BCUT2D eigenvalue weighted by Gasteiger charge is 2.21. The summed E-state index contributed by atoms with van der Waals surface area (Å²) in [4.78, 5) is 35.0. The number of methoxy groups -OCH3 is 1. The first-order chi connectivity index (χ1) is 10.1. The number of amides is 2. The molecule has 0 aliphatic carbocycles. The number of carbonyl (C=O) groups excluding carboxylic acids is 3. The fraction of sp³-hybridized carbons (Fsp3) is 0.400. The average Bonchev–Trinajstić information content (AvgIpc) is 2.44. The third-order valence-corrected chi connectivity index (χ3v) is 3.08. The standard InChI is InChI=1S/C15H19ClN2O4/c1-15(2,3)14(21)17-8-12(19)18-9-5-6-11(16)10(7-9)13(20)22-4/h5-7H,8H2,1-4H3,(H,17,21)(H,18,19). The molecule has 0 bridgehead atoms. The first-order valence-electron chi connectivity index (χ1n) is 6.61. The molecule has 0 saturated heterocycles. The van der Waals surface area contributed by atoms with Crippen molar-refractivity contribution in [1.29, 1.82) is 0 Å². The van der Waals surface area contributed by atoms with Crippen LogP contribution in [0.1, 0.15) is 31.1 Å². The predicted octanol–water partition coefficient (Wildman–Crippen LogP) is 2.23. The van der Waals surface area contributed by atoms with Gasteiger partial charge >= 0.3 is 5.97 Å². The van der Waals surface area contributed by atoms with Gasteiger partial charge in [0.15, 0.2) is 0 Å². The molecule has 1 aromatic rings. The Balaban J connectivity index is 2.69. The molecule has 0 atom stereocenters. The Kier molecular flexibility index (Phi) is 5.93. The highest BCUT2D eigenvalue weighted by molar-refractivity contribution is 6.33. The number of halogens is 1. The van der Waals surface area contributed by atoms with Crippen LogP contribution in [0.25, 0.3) is 0 Å². The zero-order chi connectivity index (χ0) is 16.9. The van der Waals surface area contributed by atoms with Crippen molar-refractivity contribution in [3.8, 4) is 0 Å². The van der Waals surface area contributed by atoms with Crippen LogP contribution < -0.4 is 10.6 Å². The smallest absolute Gasteiger partial charge is 0.339 e. The maximum Gasteiger partial charge on any atom is 0.339 e. The minimum Gasteiger partial charge on any atom is -0.465 e. The van der Waals surface area contributed by atoms with Gasteiger partial charge in [-0.15, -0.1) is 0 Å². The van der Waals surface area contributed by atoms with Gasteiger partial charge in [-0.3, -0.25) is 9.59 Å². The van der Waals surface area contributed by atoms with Crippen LogP contribution in [0.15, 0.2) is 18.2 Å². The molecule has 22 heavy (non-hydrogen) atoms. The molecule has 0 aromatic heterocycles. The van der Waals surface area contributed by atoms with E-state index in [4.69, 9.17) is 11.6 Å². The monoisotopic (exact) mass is 326 g/mol. The molecule has 6 nitrogen and oxygen atoms in total. The summed E-state index contributed by atoms with van der Waals surface area (Å²) in [6.07, 6.45) is 0. The summed E-state index contributed by atoms with van der Waals surface area (Å²) in [6.45, 7) is 5.10. The van der Waals surface area contributed by atoms with E-state index in [-0.39, 0.29) is 23.0 Å². The lowest BCUT2D eigenvalue weighted by Crippen LogP contribution is -2.39. The maximum atomic E-state index is 11.8. The van der Waals surface area contributed by atoms with Gasteiger partial charge in [0.2, 0.25) is 11.8 Å². The van der Waals surface area contributed by atoms with E-state index >= 15 is 0 Å². The van der Waals surface area contributed by atoms with Crippen molar-refractivity contribution in [2.24, 2.45) is 5.41 Å². The Bertz CT molecular complexity index is 594. The fourth-order valence-corrected chi connectivity index (χ4v) is 1.70. The van der Waals surface area contributed by atoms with Gasteiger partial charge in [0, 0.05) is 11.1 Å². The summed E-state index contributed by atoms with van der Waals surface area (Å²) in [5.74, 6) is -1.23. The van der Waals surface area contributed by atoms with Gasteiger partial charge in [-0.05, 0) is 18.2 Å². The quantitative estimate of drug-likeness (QED) is 0.831. The van der Waals surface area contributed by atoms with Crippen LogP contribution in [0, 0.1) is 5.41 Å². The molecule has 0 aliphatic rings. The topological polar surface area (TPSA) is 84.5 Å². The summed E-state index contributed by atoms with van der Waals surface area (Å²) in [5.41, 5.74) is -0.0287. The minimum atomic E-state index is -0.595. The van der Waals surface area contributed by atoms with Gasteiger partial charge in [-0.25, -0.2) is 4.79 Å². The molecule has 1 aromatic carbocycles. The second-order valence-corrected chi connectivity index (χ2v) is 6.07. The molecule has 7 heteroatoms. The molecule has 0 heterocycles. The Labute approximate surface area is 134 Å². The van der Waals surface area contributed by atoms with E-state index in [0.717, 1.165) is 0 Å². The van der Waals surface area contributed by atoms with Crippen LogP contribution >= 0.6 is 11.6 Å². The predicted molar refractivity (Wildman–Crippen MR) is 83.9 cm³/mol. The van der Waals surface area contributed by atoms with Crippen molar-refractivity contribution in [3.63, 3.8) is 0 Å². The average molecular weight is 327 g/mol. The van der Waals surface area contributed by atoms with E-state index < -0.39 is 17.3 Å². The van der Waals surface area contributed by atoms with Crippen molar-refractivity contribution in [2.75, 3.05) is 19.0 Å². The van der Waals surface area contributed by atoms with Crippen molar-refractivity contribution >= 4 is 35.1 Å². The minimum absolute atomic E-state index is 0.153. The van der Waals surface area contributed by atoms with Crippen molar-refractivity contribution < 1.29 is 19.1 Å². The molecule has 2 amide bonds. The van der Waals surface area contributed by atoms with Crippen molar-refractivity contribution in [3.05, 3.63) is 28.8 Å². The molecule has 2 N–H and O–H groups in total. The molecular weight excluding hydrogens is 308 g/mol. The SMILES string of the molecule is COC(=O)c1cc(NC(=O)CNC(=O)C(C)(C)C)ccc1Cl. The van der Waals surface area contributed by atoms with E-state index in [2.05, 4.69) is 15.4 Å². The van der Waals surface area contributed by atoms with Gasteiger partial charge in [0.25, 0.3) is 0 Å².